The quantitative estimate of drug-likeness (QED) is 0.725. The van der Waals surface area contributed by atoms with Crippen LogP contribution in [0.1, 0.15) is 0 Å². The lowest BCUT2D eigenvalue weighted by Gasteiger charge is -2.14. The van der Waals surface area contributed by atoms with Crippen molar-refractivity contribution in [1.29, 1.82) is 0 Å². The second kappa shape index (κ2) is 6.39. The Hall–Kier alpha value is -3.02. The summed E-state index contributed by atoms with van der Waals surface area (Å²) in [7, 11) is 4.75. The standard InChI is InChI=1S/C17H17N3O3/c1-21-14-9-12(10-15(22-2)16(14)23-3)17-18-11-19-20(17)13-7-5-4-6-8-13/h4-11H,1-3H3. The molecular weight excluding hydrogens is 294 g/mol. The molecule has 0 saturated heterocycles. The van der Waals surface area contributed by atoms with Crippen LogP contribution in [0.4, 0.5) is 0 Å². The van der Waals surface area contributed by atoms with Gasteiger partial charge in [-0.3, -0.25) is 0 Å². The van der Waals surface area contributed by atoms with E-state index in [9.17, 15) is 0 Å². The van der Waals surface area contributed by atoms with Gasteiger partial charge in [0.25, 0.3) is 0 Å². The molecule has 0 spiro atoms. The summed E-state index contributed by atoms with van der Waals surface area (Å²) in [6.07, 6.45) is 1.52. The van der Waals surface area contributed by atoms with Gasteiger partial charge >= 0.3 is 0 Å². The number of rotatable bonds is 5. The van der Waals surface area contributed by atoms with E-state index in [0.29, 0.717) is 23.1 Å². The summed E-state index contributed by atoms with van der Waals surface area (Å²) in [4.78, 5) is 4.37. The van der Waals surface area contributed by atoms with Gasteiger partial charge < -0.3 is 14.2 Å². The summed E-state index contributed by atoms with van der Waals surface area (Å²) in [6, 6.07) is 13.5. The van der Waals surface area contributed by atoms with Gasteiger partial charge in [0.05, 0.1) is 27.0 Å². The number of ether oxygens (including phenoxy) is 3. The molecule has 1 aromatic heterocycles. The lowest BCUT2D eigenvalue weighted by molar-refractivity contribution is 0.324. The topological polar surface area (TPSA) is 58.4 Å². The van der Waals surface area contributed by atoms with Crippen molar-refractivity contribution in [2.75, 3.05) is 21.3 Å². The lowest BCUT2D eigenvalue weighted by Crippen LogP contribution is -2.01. The van der Waals surface area contributed by atoms with Gasteiger partial charge in [-0.25, -0.2) is 9.67 Å². The third kappa shape index (κ3) is 2.70. The Morgan fingerprint density at radius 3 is 2.09 bits per heavy atom. The monoisotopic (exact) mass is 311 g/mol. The van der Waals surface area contributed by atoms with Crippen LogP contribution in [0.5, 0.6) is 17.2 Å². The molecule has 0 bridgehead atoms. The van der Waals surface area contributed by atoms with E-state index >= 15 is 0 Å². The van der Waals surface area contributed by atoms with Crippen LogP contribution in [0, 0.1) is 0 Å². The molecule has 0 amide bonds. The number of nitrogens with zero attached hydrogens (tertiary/aromatic N) is 3. The Morgan fingerprint density at radius 1 is 0.870 bits per heavy atom. The van der Waals surface area contributed by atoms with Gasteiger partial charge in [-0.15, -0.1) is 0 Å². The maximum absolute atomic E-state index is 5.40. The van der Waals surface area contributed by atoms with Gasteiger partial charge in [0.15, 0.2) is 17.3 Å². The molecule has 0 saturated carbocycles. The van der Waals surface area contributed by atoms with E-state index in [1.54, 1.807) is 26.0 Å². The van der Waals surface area contributed by atoms with E-state index in [0.717, 1.165) is 11.3 Å². The molecule has 23 heavy (non-hydrogen) atoms. The van der Waals surface area contributed by atoms with Crippen LogP contribution in [0.2, 0.25) is 0 Å². The van der Waals surface area contributed by atoms with Gasteiger partial charge in [-0.2, -0.15) is 5.10 Å². The summed E-state index contributed by atoms with van der Waals surface area (Å²) in [5, 5.41) is 4.31. The fraction of sp³-hybridized carbons (Fsp3) is 0.176. The Bertz CT molecular complexity index is 775. The Kier molecular flexibility index (Phi) is 4.14. The second-order valence-corrected chi connectivity index (χ2v) is 4.75. The highest BCUT2D eigenvalue weighted by atomic mass is 16.5. The summed E-state index contributed by atoms with van der Waals surface area (Å²) < 4.78 is 17.9. The molecule has 0 aliphatic rings. The van der Waals surface area contributed by atoms with Crippen molar-refractivity contribution in [1.82, 2.24) is 14.8 Å². The number of hydrogen-bond donors (Lipinski definition) is 0. The summed E-state index contributed by atoms with van der Waals surface area (Å²) in [5.74, 6) is 2.38. The second-order valence-electron chi connectivity index (χ2n) is 4.75. The SMILES string of the molecule is COc1cc(-c2ncnn2-c2ccccc2)cc(OC)c1OC. The third-order valence-electron chi connectivity index (χ3n) is 3.47. The van der Waals surface area contributed by atoms with E-state index in [1.807, 2.05) is 42.5 Å². The van der Waals surface area contributed by atoms with Crippen LogP contribution in [0.15, 0.2) is 48.8 Å². The van der Waals surface area contributed by atoms with Crippen molar-refractivity contribution in [3.63, 3.8) is 0 Å². The molecular formula is C17H17N3O3. The largest absolute Gasteiger partial charge is 0.493 e. The van der Waals surface area contributed by atoms with Gasteiger partial charge in [0, 0.05) is 5.56 Å². The molecule has 0 unspecified atom stereocenters. The molecule has 1 heterocycles. The van der Waals surface area contributed by atoms with Crippen LogP contribution in [-0.4, -0.2) is 36.1 Å². The average Bonchev–Trinajstić information content (AvgIpc) is 3.10. The molecule has 3 aromatic rings. The lowest BCUT2D eigenvalue weighted by atomic mass is 10.1. The van der Waals surface area contributed by atoms with Gasteiger partial charge in [-0.1, -0.05) is 18.2 Å². The zero-order valence-electron chi connectivity index (χ0n) is 13.2. The van der Waals surface area contributed by atoms with E-state index in [1.165, 1.54) is 6.33 Å². The van der Waals surface area contributed by atoms with Crippen LogP contribution in [-0.2, 0) is 0 Å². The highest BCUT2D eigenvalue weighted by molar-refractivity contribution is 5.67. The molecule has 2 aromatic carbocycles. The normalized spacial score (nSPS) is 10.4. The number of aromatic nitrogens is 3. The maximum atomic E-state index is 5.40. The first-order valence-corrected chi connectivity index (χ1v) is 7.04. The first kappa shape index (κ1) is 14.9. The average molecular weight is 311 g/mol. The minimum absolute atomic E-state index is 0.546. The zero-order valence-corrected chi connectivity index (χ0v) is 13.2. The first-order valence-electron chi connectivity index (χ1n) is 7.04. The minimum Gasteiger partial charge on any atom is -0.493 e. The predicted molar refractivity (Wildman–Crippen MR) is 86.5 cm³/mol. The van der Waals surface area contributed by atoms with Crippen molar-refractivity contribution in [2.24, 2.45) is 0 Å². The summed E-state index contributed by atoms with van der Waals surface area (Å²) in [6.45, 7) is 0. The molecule has 0 N–H and O–H groups in total. The van der Waals surface area contributed by atoms with Crippen molar-refractivity contribution < 1.29 is 14.2 Å². The van der Waals surface area contributed by atoms with E-state index < -0.39 is 0 Å². The van der Waals surface area contributed by atoms with E-state index in [2.05, 4.69) is 10.1 Å². The summed E-state index contributed by atoms with van der Waals surface area (Å²) in [5.41, 5.74) is 1.75. The van der Waals surface area contributed by atoms with Crippen molar-refractivity contribution in [3.8, 4) is 34.3 Å². The number of benzene rings is 2. The molecule has 3 rings (SSSR count). The Labute approximate surface area is 134 Å². The van der Waals surface area contributed by atoms with Gasteiger partial charge in [0.1, 0.15) is 6.33 Å². The Morgan fingerprint density at radius 2 is 1.52 bits per heavy atom. The van der Waals surface area contributed by atoms with E-state index in [4.69, 9.17) is 14.2 Å². The van der Waals surface area contributed by atoms with Gasteiger partial charge in [0.2, 0.25) is 5.75 Å². The fourth-order valence-electron chi connectivity index (χ4n) is 2.41. The van der Waals surface area contributed by atoms with E-state index in [-0.39, 0.29) is 0 Å². The van der Waals surface area contributed by atoms with Crippen molar-refractivity contribution >= 4 is 0 Å². The molecule has 0 aliphatic heterocycles. The number of methoxy groups -OCH3 is 3. The molecule has 118 valence electrons. The van der Waals surface area contributed by atoms with Crippen LogP contribution >= 0.6 is 0 Å². The summed E-state index contributed by atoms with van der Waals surface area (Å²) >= 11 is 0. The van der Waals surface area contributed by atoms with Crippen LogP contribution in [0.25, 0.3) is 17.1 Å². The molecule has 0 aliphatic carbocycles. The van der Waals surface area contributed by atoms with Crippen molar-refractivity contribution in [2.45, 2.75) is 0 Å². The molecule has 6 heteroatoms. The smallest absolute Gasteiger partial charge is 0.203 e. The fourth-order valence-corrected chi connectivity index (χ4v) is 2.41. The third-order valence-corrected chi connectivity index (χ3v) is 3.47. The van der Waals surface area contributed by atoms with Crippen LogP contribution in [0.3, 0.4) is 0 Å². The highest BCUT2D eigenvalue weighted by Gasteiger charge is 2.17. The van der Waals surface area contributed by atoms with Crippen molar-refractivity contribution in [3.05, 3.63) is 48.8 Å². The Balaban J connectivity index is 2.15. The van der Waals surface area contributed by atoms with Gasteiger partial charge in [-0.05, 0) is 24.3 Å². The molecule has 0 atom stereocenters. The van der Waals surface area contributed by atoms with Crippen LogP contribution < -0.4 is 14.2 Å². The predicted octanol–water partition coefficient (Wildman–Crippen LogP) is 2.96. The molecule has 0 fully saturated rings. The molecule has 6 nitrogen and oxygen atoms in total. The minimum atomic E-state index is 0.546. The molecule has 0 radical (unpaired) electrons. The first-order chi connectivity index (χ1) is 11.3. The number of hydrogen-bond acceptors (Lipinski definition) is 5. The number of para-hydroxylation sites is 1. The maximum Gasteiger partial charge on any atom is 0.203 e. The highest BCUT2D eigenvalue weighted by Crippen LogP contribution is 2.40. The zero-order chi connectivity index (χ0) is 16.2.